The second-order valence-electron chi connectivity index (χ2n) is 2.01. The SMILES string of the molecule is CC(C)OC(N)C(N)=O. The lowest BCUT2D eigenvalue weighted by Gasteiger charge is -2.11. The first-order valence-corrected chi connectivity index (χ1v) is 2.74. The summed E-state index contributed by atoms with van der Waals surface area (Å²) in [5.74, 6) is -0.635. The molecule has 0 aromatic rings. The maximum absolute atomic E-state index is 10.2. The van der Waals surface area contributed by atoms with E-state index in [0.29, 0.717) is 0 Å². The Morgan fingerprint density at radius 3 is 2.11 bits per heavy atom. The number of hydrogen-bond donors (Lipinski definition) is 2. The van der Waals surface area contributed by atoms with E-state index >= 15 is 0 Å². The van der Waals surface area contributed by atoms with Crippen LogP contribution < -0.4 is 11.5 Å². The summed E-state index contributed by atoms with van der Waals surface area (Å²) in [6.45, 7) is 3.56. The summed E-state index contributed by atoms with van der Waals surface area (Å²) in [5, 5.41) is 0. The van der Waals surface area contributed by atoms with Gasteiger partial charge in [-0.15, -0.1) is 0 Å². The lowest BCUT2D eigenvalue weighted by atomic mass is 10.4. The van der Waals surface area contributed by atoms with E-state index in [1.807, 2.05) is 0 Å². The van der Waals surface area contributed by atoms with Crippen LogP contribution >= 0.6 is 0 Å². The standard InChI is InChI=1S/C5H12N2O2/c1-3(2)9-5(7)4(6)8/h3,5H,7H2,1-2H3,(H2,6,8). The predicted molar refractivity (Wildman–Crippen MR) is 33.4 cm³/mol. The van der Waals surface area contributed by atoms with Gasteiger partial charge in [0.2, 0.25) is 0 Å². The van der Waals surface area contributed by atoms with E-state index < -0.39 is 12.1 Å². The van der Waals surface area contributed by atoms with E-state index in [2.05, 4.69) is 0 Å². The Labute approximate surface area is 54.2 Å². The smallest absolute Gasteiger partial charge is 0.261 e. The Balaban J connectivity index is 3.50. The Morgan fingerprint density at radius 1 is 1.56 bits per heavy atom. The van der Waals surface area contributed by atoms with Crippen molar-refractivity contribution in [2.75, 3.05) is 0 Å². The second kappa shape index (κ2) is 3.42. The van der Waals surface area contributed by atoms with Crippen molar-refractivity contribution in [1.82, 2.24) is 0 Å². The Bertz CT molecular complexity index is 103. The summed E-state index contributed by atoms with van der Waals surface area (Å²) in [7, 11) is 0. The molecule has 4 nitrogen and oxygen atoms in total. The van der Waals surface area contributed by atoms with Crippen molar-refractivity contribution in [3.8, 4) is 0 Å². The first-order chi connectivity index (χ1) is 4.04. The highest BCUT2D eigenvalue weighted by atomic mass is 16.5. The molecule has 0 fully saturated rings. The minimum atomic E-state index is -0.968. The first-order valence-electron chi connectivity index (χ1n) is 2.74. The van der Waals surface area contributed by atoms with Crippen molar-refractivity contribution in [3.05, 3.63) is 0 Å². The Morgan fingerprint density at radius 2 is 2.00 bits per heavy atom. The molecule has 0 saturated heterocycles. The lowest BCUT2D eigenvalue weighted by Crippen LogP contribution is -2.40. The molecule has 1 unspecified atom stereocenters. The topological polar surface area (TPSA) is 78.3 Å². The van der Waals surface area contributed by atoms with Crippen molar-refractivity contribution in [2.24, 2.45) is 11.5 Å². The molecule has 1 atom stereocenters. The fourth-order valence-electron chi connectivity index (χ4n) is 0.360. The third-order valence-corrected chi connectivity index (χ3v) is 0.699. The third-order valence-electron chi connectivity index (χ3n) is 0.699. The molecule has 0 radical (unpaired) electrons. The highest BCUT2D eigenvalue weighted by Gasteiger charge is 2.09. The van der Waals surface area contributed by atoms with E-state index in [9.17, 15) is 4.79 Å². The number of ether oxygens (including phenoxy) is 1. The van der Waals surface area contributed by atoms with Crippen molar-refractivity contribution in [3.63, 3.8) is 0 Å². The number of primary amides is 1. The van der Waals surface area contributed by atoms with Gasteiger partial charge in [0.15, 0.2) is 6.23 Å². The van der Waals surface area contributed by atoms with Gasteiger partial charge in [0.05, 0.1) is 6.10 Å². The molecule has 0 bridgehead atoms. The molecule has 0 spiro atoms. The first kappa shape index (κ1) is 8.39. The average Bonchev–Trinajstić information content (AvgIpc) is 1.63. The van der Waals surface area contributed by atoms with Gasteiger partial charge in [-0.25, -0.2) is 0 Å². The number of carbonyl (C=O) groups excluding carboxylic acids is 1. The predicted octanol–water partition coefficient (Wildman–Crippen LogP) is -0.818. The van der Waals surface area contributed by atoms with Gasteiger partial charge in [0.1, 0.15) is 0 Å². The molecule has 0 aliphatic heterocycles. The van der Waals surface area contributed by atoms with Gasteiger partial charge in [-0.2, -0.15) is 0 Å². The van der Waals surface area contributed by atoms with Crippen LogP contribution in [0.2, 0.25) is 0 Å². The van der Waals surface area contributed by atoms with Gasteiger partial charge in [-0.1, -0.05) is 0 Å². The van der Waals surface area contributed by atoms with Crippen LogP contribution in [0.1, 0.15) is 13.8 Å². The van der Waals surface area contributed by atoms with Crippen molar-refractivity contribution in [2.45, 2.75) is 26.2 Å². The van der Waals surface area contributed by atoms with Crippen LogP contribution in [-0.4, -0.2) is 18.2 Å². The summed E-state index contributed by atoms with van der Waals surface area (Å²) in [4.78, 5) is 10.2. The maximum atomic E-state index is 10.2. The zero-order chi connectivity index (χ0) is 7.44. The van der Waals surface area contributed by atoms with E-state index in [0.717, 1.165) is 0 Å². The van der Waals surface area contributed by atoms with Gasteiger partial charge < -0.3 is 10.5 Å². The van der Waals surface area contributed by atoms with Gasteiger partial charge >= 0.3 is 0 Å². The summed E-state index contributed by atoms with van der Waals surface area (Å²) < 4.78 is 4.81. The van der Waals surface area contributed by atoms with Crippen LogP contribution in [0.4, 0.5) is 0 Å². The highest BCUT2D eigenvalue weighted by Crippen LogP contribution is 1.89. The van der Waals surface area contributed by atoms with Crippen LogP contribution in [0.15, 0.2) is 0 Å². The zero-order valence-electron chi connectivity index (χ0n) is 5.63. The quantitative estimate of drug-likeness (QED) is 0.492. The summed E-state index contributed by atoms with van der Waals surface area (Å²) in [5.41, 5.74) is 9.92. The monoisotopic (exact) mass is 132 g/mol. The van der Waals surface area contributed by atoms with E-state index in [-0.39, 0.29) is 6.10 Å². The summed E-state index contributed by atoms with van der Waals surface area (Å²) in [6, 6.07) is 0. The van der Waals surface area contributed by atoms with Gasteiger partial charge in [0.25, 0.3) is 5.91 Å². The number of carbonyl (C=O) groups is 1. The molecule has 54 valence electrons. The lowest BCUT2D eigenvalue weighted by molar-refractivity contribution is -0.131. The van der Waals surface area contributed by atoms with Gasteiger partial charge in [-0.3, -0.25) is 10.5 Å². The zero-order valence-corrected chi connectivity index (χ0v) is 5.63. The molecule has 0 aliphatic rings. The summed E-state index contributed by atoms with van der Waals surface area (Å²) in [6.07, 6.45) is -1.03. The molecule has 9 heavy (non-hydrogen) atoms. The molecular weight excluding hydrogens is 120 g/mol. The average molecular weight is 132 g/mol. The normalized spacial score (nSPS) is 13.8. The van der Waals surface area contributed by atoms with Crippen LogP contribution in [0.25, 0.3) is 0 Å². The van der Waals surface area contributed by atoms with Crippen molar-refractivity contribution < 1.29 is 9.53 Å². The molecule has 4 heteroatoms. The fraction of sp³-hybridized carbons (Fsp3) is 0.800. The van der Waals surface area contributed by atoms with E-state index in [4.69, 9.17) is 16.2 Å². The van der Waals surface area contributed by atoms with Crippen LogP contribution in [0.3, 0.4) is 0 Å². The number of rotatable bonds is 3. The van der Waals surface area contributed by atoms with E-state index in [1.165, 1.54) is 0 Å². The molecule has 1 amide bonds. The molecule has 0 heterocycles. The third kappa shape index (κ3) is 3.93. The van der Waals surface area contributed by atoms with Crippen LogP contribution in [0.5, 0.6) is 0 Å². The number of hydrogen-bond acceptors (Lipinski definition) is 3. The number of nitrogens with two attached hydrogens (primary N) is 2. The second-order valence-corrected chi connectivity index (χ2v) is 2.01. The van der Waals surface area contributed by atoms with E-state index in [1.54, 1.807) is 13.8 Å². The Kier molecular flexibility index (Phi) is 3.19. The number of amides is 1. The van der Waals surface area contributed by atoms with Gasteiger partial charge in [0, 0.05) is 0 Å². The molecule has 0 aromatic carbocycles. The minimum absolute atomic E-state index is 0.0625. The van der Waals surface area contributed by atoms with Crippen LogP contribution in [0, 0.1) is 0 Å². The van der Waals surface area contributed by atoms with Crippen molar-refractivity contribution in [1.29, 1.82) is 0 Å². The van der Waals surface area contributed by atoms with Gasteiger partial charge in [-0.05, 0) is 13.8 Å². The molecule has 0 saturated carbocycles. The molecule has 4 N–H and O–H groups in total. The summed E-state index contributed by atoms with van der Waals surface area (Å²) >= 11 is 0. The molecule has 0 aliphatic carbocycles. The molecule has 0 rings (SSSR count). The maximum Gasteiger partial charge on any atom is 0.261 e. The Hall–Kier alpha value is -0.610. The van der Waals surface area contributed by atoms with Crippen molar-refractivity contribution >= 4 is 5.91 Å². The molecule has 0 aromatic heterocycles. The molecular formula is C5H12N2O2. The highest BCUT2D eigenvalue weighted by molar-refractivity contribution is 5.78. The minimum Gasteiger partial charge on any atom is -0.366 e. The fourth-order valence-corrected chi connectivity index (χ4v) is 0.360. The largest absolute Gasteiger partial charge is 0.366 e. The van der Waals surface area contributed by atoms with Crippen LogP contribution in [-0.2, 0) is 9.53 Å².